The van der Waals surface area contributed by atoms with E-state index in [1.165, 1.54) is 31.4 Å². The molecule has 1 rings (SSSR count). The van der Waals surface area contributed by atoms with Crippen LogP contribution in [0.3, 0.4) is 0 Å². The molecule has 0 aromatic heterocycles. The highest BCUT2D eigenvalue weighted by molar-refractivity contribution is 5.27. The summed E-state index contributed by atoms with van der Waals surface area (Å²) in [5, 5.41) is 12.6. The molecule has 0 aliphatic rings. The van der Waals surface area contributed by atoms with Crippen LogP contribution >= 0.6 is 0 Å². The van der Waals surface area contributed by atoms with Gasteiger partial charge in [-0.2, -0.15) is 0 Å². The van der Waals surface area contributed by atoms with E-state index in [1.807, 2.05) is 0 Å². The Morgan fingerprint density at radius 3 is 2.61 bits per heavy atom. The number of benzene rings is 1. The van der Waals surface area contributed by atoms with E-state index in [-0.39, 0.29) is 5.75 Å². The maximum atomic E-state index is 13.2. The second-order valence-electron chi connectivity index (χ2n) is 4.79. The van der Waals surface area contributed by atoms with Gasteiger partial charge in [0.2, 0.25) is 0 Å². The first-order valence-electron chi connectivity index (χ1n) is 6.88. The second-order valence-corrected chi connectivity index (χ2v) is 4.79. The first-order valence-corrected chi connectivity index (χ1v) is 6.88. The lowest BCUT2D eigenvalue weighted by Gasteiger charge is -2.18. The van der Waals surface area contributed by atoms with Crippen LogP contribution in [0.5, 0.6) is 5.75 Å². The van der Waals surface area contributed by atoms with Crippen molar-refractivity contribution in [1.82, 2.24) is 5.32 Å². The van der Waals surface area contributed by atoms with Crippen LogP contribution in [0, 0.1) is 5.82 Å². The Kier molecular flexibility index (Phi) is 6.73. The molecule has 1 unspecified atom stereocenters. The average Bonchev–Trinajstić information content (AvgIpc) is 2.37. The molecule has 18 heavy (non-hydrogen) atoms. The van der Waals surface area contributed by atoms with Crippen LogP contribution in [0.2, 0.25) is 0 Å². The van der Waals surface area contributed by atoms with Gasteiger partial charge in [0.1, 0.15) is 0 Å². The zero-order chi connectivity index (χ0) is 13.4. The van der Waals surface area contributed by atoms with Crippen molar-refractivity contribution < 1.29 is 9.50 Å². The molecule has 1 aromatic carbocycles. The van der Waals surface area contributed by atoms with Gasteiger partial charge in [-0.05, 0) is 30.5 Å². The van der Waals surface area contributed by atoms with Crippen molar-refractivity contribution in [1.29, 1.82) is 0 Å². The molecule has 1 atom stereocenters. The third-order valence-electron chi connectivity index (χ3n) is 3.15. The molecule has 2 N–H and O–H groups in total. The Morgan fingerprint density at radius 2 is 2.00 bits per heavy atom. The predicted octanol–water partition coefficient (Wildman–Crippen LogP) is 3.98. The highest BCUT2D eigenvalue weighted by Crippen LogP contribution is 2.16. The predicted molar refractivity (Wildman–Crippen MR) is 73.1 cm³/mol. The van der Waals surface area contributed by atoms with Crippen molar-refractivity contribution in [3.8, 4) is 5.75 Å². The maximum absolute atomic E-state index is 13.2. The minimum absolute atomic E-state index is 0.283. The molecule has 2 nitrogen and oxygen atoms in total. The smallest absolute Gasteiger partial charge is 0.165 e. The topological polar surface area (TPSA) is 32.3 Å². The average molecular weight is 253 g/mol. The van der Waals surface area contributed by atoms with Gasteiger partial charge in [-0.1, -0.05) is 39.2 Å². The molecular weight excluding hydrogens is 229 g/mol. The quantitative estimate of drug-likeness (QED) is 0.734. The van der Waals surface area contributed by atoms with Crippen LogP contribution in [0.25, 0.3) is 0 Å². The lowest BCUT2D eigenvalue weighted by molar-refractivity contribution is 0.425. The third kappa shape index (κ3) is 5.05. The zero-order valence-corrected chi connectivity index (χ0v) is 11.4. The Balaban J connectivity index is 2.47. The fraction of sp³-hybridized carbons (Fsp3) is 0.600. The van der Waals surface area contributed by atoms with Crippen molar-refractivity contribution in [2.45, 2.75) is 58.5 Å². The first-order chi connectivity index (χ1) is 8.67. The number of unbranched alkanes of at least 4 members (excludes halogenated alkanes) is 1. The fourth-order valence-electron chi connectivity index (χ4n) is 2.07. The molecule has 0 aliphatic carbocycles. The van der Waals surface area contributed by atoms with Gasteiger partial charge in [0.15, 0.2) is 11.6 Å². The number of halogens is 1. The number of hydrogen-bond acceptors (Lipinski definition) is 2. The standard InChI is InChI=1S/C15H24FNO/c1-3-5-7-13(6-4-2)17-11-12-8-9-15(18)14(16)10-12/h8-10,13,17-18H,3-7,11H2,1-2H3. The molecule has 0 amide bonds. The number of aromatic hydroxyl groups is 1. The number of nitrogens with one attached hydrogen (secondary N) is 1. The van der Waals surface area contributed by atoms with E-state index >= 15 is 0 Å². The van der Waals surface area contributed by atoms with Crippen LogP contribution < -0.4 is 5.32 Å². The summed E-state index contributed by atoms with van der Waals surface area (Å²) in [7, 11) is 0. The Hall–Kier alpha value is -1.09. The molecule has 0 saturated carbocycles. The summed E-state index contributed by atoms with van der Waals surface area (Å²) in [4.78, 5) is 0. The van der Waals surface area contributed by atoms with Gasteiger partial charge in [-0.25, -0.2) is 4.39 Å². The third-order valence-corrected chi connectivity index (χ3v) is 3.15. The maximum Gasteiger partial charge on any atom is 0.165 e. The monoisotopic (exact) mass is 253 g/mol. The molecule has 0 aliphatic heterocycles. The summed E-state index contributed by atoms with van der Waals surface area (Å²) in [6.45, 7) is 5.03. The Morgan fingerprint density at radius 1 is 1.22 bits per heavy atom. The van der Waals surface area contributed by atoms with E-state index in [1.54, 1.807) is 6.07 Å². The minimum Gasteiger partial charge on any atom is -0.505 e. The van der Waals surface area contributed by atoms with Crippen molar-refractivity contribution in [2.75, 3.05) is 0 Å². The van der Waals surface area contributed by atoms with Crippen LogP contribution in [0.1, 0.15) is 51.5 Å². The fourth-order valence-corrected chi connectivity index (χ4v) is 2.07. The zero-order valence-electron chi connectivity index (χ0n) is 11.4. The van der Waals surface area contributed by atoms with Gasteiger partial charge < -0.3 is 10.4 Å². The summed E-state index contributed by atoms with van der Waals surface area (Å²) in [5.41, 5.74) is 0.878. The first kappa shape index (κ1) is 15.0. The van der Waals surface area contributed by atoms with Crippen LogP contribution in [0.4, 0.5) is 4.39 Å². The molecule has 0 spiro atoms. The Labute approximate surface area is 109 Å². The van der Waals surface area contributed by atoms with Gasteiger partial charge >= 0.3 is 0 Å². The summed E-state index contributed by atoms with van der Waals surface area (Å²) < 4.78 is 13.2. The summed E-state index contributed by atoms with van der Waals surface area (Å²) in [6.07, 6.45) is 5.91. The molecule has 102 valence electrons. The van der Waals surface area contributed by atoms with E-state index in [0.29, 0.717) is 12.6 Å². The molecule has 0 bridgehead atoms. The van der Waals surface area contributed by atoms with Gasteiger partial charge in [0, 0.05) is 12.6 Å². The SMILES string of the molecule is CCCCC(CCC)NCc1ccc(O)c(F)c1. The Bertz CT molecular complexity index is 354. The molecule has 1 aromatic rings. The number of phenols is 1. The summed E-state index contributed by atoms with van der Waals surface area (Å²) in [6, 6.07) is 5.07. The van der Waals surface area contributed by atoms with Gasteiger partial charge in [0.25, 0.3) is 0 Å². The van der Waals surface area contributed by atoms with Crippen molar-refractivity contribution in [3.05, 3.63) is 29.6 Å². The number of phenolic OH excluding ortho intramolecular Hbond substituents is 1. The minimum atomic E-state index is -0.546. The van der Waals surface area contributed by atoms with E-state index in [2.05, 4.69) is 19.2 Å². The highest BCUT2D eigenvalue weighted by Gasteiger charge is 2.07. The van der Waals surface area contributed by atoms with Gasteiger partial charge in [-0.15, -0.1) is 0 Å². The molecule has 3 heteroatoms. The van der Waals surface area contributed by atoms with Gasteiger partial charge in [0.05, 0.1) is 0 Å². The second kappa shape index (κ2) is 8.09. The lowest BCUT2D eigenvalue weighted by Crippen LogP contribution is -2.28. The van der Waals surface area contributed by atoms with Gasteiger partial charge in [-0.3, -0.25) is 0 Å². The van der Waals surface area contributed by atoms with Crippen LogP contribution in [0.15, 0.2) is 18.2 Å². The lowest BCUT2D eigenvalue weighted by atomic mass is 10.0. The molecule has 0 fully saturated rings. The van der Waals surface area contributed by atoms with E-state index in [0.717, 1.165) is 18.4 Å². The number of hydrogen-bond donors (Lipinski definition) is 2. The normalized spacial score (nSPS) is 12.6. The molecule has 0 heterocycles. The highest BCUT2D eigenvalue weighted by atomic mass is 19.1. The van der Waals surface area contributed by atoms with Crippen molar-refractivity contribution in [3.63, 3.8) is 0 Å². The van der Waals surface area contributed by atoms with Crippen molar-refractivity contribution >= 4 is 0 Å². The van der Waals surface area contributed by atoms with E-state index in [4.69, 9.17) is 5.11 Å². The van der Waals surface area contributed by atoms with E-state index < -0.39 is 5.82 Å². The van der Waals surface area contributed by atoms with Crippen LogP contribution in [-0.4, -0.2) is 11.1 Å². The molecule has 0 radical (unpaired) electrons. The van der Waals surface area contributed by atoms with Crippen molar-refractivity contribution in [2.24, 2.45) is 0 Å². The number of rotatable bonds is 8. The summed E-state index contributed by atoms with van der Waals surface area (Å²) in [5.74, 6) is -0.829. The molecular formula is C15H24FNO. The largest absolute Gasteiger partial charge is 0.505 e. The molecule has 0 saturated heterocycles. The van der Waals surface area contributed by atoms with E-state index in [9.17, 15) is 4.39 Å². The van der Waals surface area contributed by atoms with Crippen LogP contribution in [-0.2, 0) is 6.54 Å². The summed E-state index contributed by atoms with van der Waals surface area (Å²) >= 11 is 0.